The second-order valence-electron chi connectivity index (χ2n) is 3.60. The van der Waals surface area contributed by atoms with Gasteiger partial charge in [0.1, 0.15) is 0 Å². The van der Waals surface area contributed by atoms with Crippen LogP contribution in [0.2, 0.25) is 0 Å². The van der Waals surface area contributed by atoms with E-state index >= 15 is 0 Å². The van der Waals surface area contributed by atoms with Crippen molar-refractivity contribution in [3.8, 4) is 0 Å². The third-order valence-electron chi connectivity index (χ3n) is 2.64. The van der Waals surface area contributed by atoms with E-state index in [9.17, 15) is 0 Å². The average molecular weight is 221 g/mol. The zero-order chi connectivity index (χ0) is 11.4. The van der Waals surface area contributed by atoms with Crippen LogP contribution >= 0.6 is 0 Å². The molecule has 0 amide bonds. The van der Waals surface area contributed by atoms with Crippen molar-refractivity contribution in [2.24, 2.45) is 10.9 Å². The Labute approximate surface area is 94.1 Å². The molecule has 1 aromatic rings. The minimum atomic E-state index is 0.141. The average Bonchev–Trinajstić information content (AvgIpc) is 2.39. The molecule has 5 heteroatoms. The van der Waals surface area contributed by atoms with Crippen molar-refractivity contribution in [3.05, 3.63) is 29.8 Å². The van der Waals surface area contributed by atoms with Gasteiger partial charge in [0.05, 0.1) is 13.2 Å². The molecular formula is C11H15N3O2. The SMILES string of the molecule is NC(=NO)c1ccccc1N1CCOCC1. The molecular weight excluding hydrogens is 206 g/mol. The topological polar surface area (TPSA) is 71.1 Å². The van der Waals surface area contributed by atoms with Crippen molar-refractivity contribution in [2.75, 3.05) is 31.2 Å². The lowest BCUT2D eigenvalue weighted by atomic mass is 10.1. The van der Waals surface area contributed by atoms with Gasteiger partial charge < -0.3 is 20.6 Å². The van der Waals surface area contributed by atoms with Crippen LogP contribution in [-0.2, 0) is 4.74 Å². The maximum absolute atomic E-state index is 8.73. The molecule has 2 rings (SSSR count). The van der Waals surface area contributed by atoms with Crippen molar-refractivity contribution >= 4 is 11.5 Å². The first-order valence-corrected chi connectivity index (χ1v) is 5.22. The smallest absolute Gasteiger partial charge is 0.172 e. The molecule has 1 fully saturated rings. The highest BCUT2D eigenvalue weighted by atomic mass is 16.5. The van der Waals surface area contributed by atoms with E-state index in [0.717, 1.165) is 24.3 Å². The van der Waals surface area contributed by atoms with Crippen LogP contribution in [0.5, 0.6) is 0 Å². The summed E-state index contributed by atoms with van der Waals surface area (Å²) >= 11 is 0. The van der Waals surface area contributed by atoms with Gasteiger partial charge in [-0.25, -0.2) is 0 Å². The Morgan fingerprint density at radius 1 is 1.31 bits per heavy atom. The number of ether oxygens (including phenoxy) is 1. The second kappa shape index (κ2) is 4.85. The molecule has 3 N–H and O–H groups in total. The lowest BCUT2D eigenvalue weighted by molar-refractivity contribution is 0.122. The number of hydrogen-bond acceptors (Lipinski definition) is 4. The van der Waals surface area contributed by atoms with Crippen molar-refractivity contribution < 1.29 is 9.94 Å². The van der Waals surface area contributed by atoms with Crippen LogP contribution in [0.1, 0.15) is 5.56 Å². The molecule has 1 aliphatic rings. The van der Waals surface area contributed by atoms with E-state index in [0.29, 0.717) is 13.2 Å². The van der Waals surface area contributed by atoms with Crippen LogP contribution in [0.15, 0.2) is 29.4 Å². The standard InChI is InChI=1S/C11H15N3O2/c12-11(13-15)9-3-1-2-4-10(9)14-5-7-16-8-6-14/h1-4,15H,5-8H2,(H2,12,13). The van der Waals surface area contributed by atoms with Crippen LogP contribution in [0, 0.1) is 0 Å². The summed E-state index contributed by atoms with van der Waals surface area (Å²) in [5.41, 5.74) is 7.39. The molecule has 86 valence electrons. The maximum Gasteiger partial charge on any atom is 0.172 e. The van der Waals surface area contributed by atoms with Gasteiger partial charge in [0, 0.05) is 24.3 Å². The number of para-hydroxylation sites is 1. The van der Waals surface area contributed by atoms with E-state index in [-0.39, 0.29) is 5.84 Å². The van der Waals surface area contributed by atoms with Gasteiger partial charge >= 0.3 is 0 Å². The van der Waals surface area contributed by atoms with Gasteiger partial charge in [0.15, 0.2) is 5.84 Å². The molecule has 16 heavy (non-hydrogen) atoms. The van der Waals surface area contributed by atoms with Crippen LogP contribution < -0.4 is 10.6 Å². The predicted molar refractivity (Wildman–Crippen MR) is 62.0 cm³/mol. The monoisotopic (exact) mass is 221 g/mol. The molecule has 0 radical (unpaired) electrons. The lowest BCUT2D eigenvalue weighted by Crippen LogP contribution is -2.37. The fourth-order valence-corrected chi connectivity index (χ4v) is 1.82. The Kier molecular flexibility index (Phi) is 3.26. The third-order valence-corrected chi connectivity index (χ3v) is 2.64. The molecule has 1 aromatic carbocycles. The molecule has 0 saturated carbocycles. The summed E-state index contributed by atoms with van der Waals surface area (Å²) in [6, 6.07) is 7.63. The zero-order valence-corrected chi connectivity index (χ0v) is 8.97. The molecule has 0 aromatic heterocycles. The van der Waals surface area contributed by atoms with Crippen LogP contribution in [0.4, 0.5) is 5.69 Å². The molecule has 0 bridgehead atoms. The fraction of sp³-hybridized carbons (Fsp3) is 0.364. The Morgan fingerprint density at radius 2 is 2.00 bits per heavy atom. The summed E-state index contributed by atoms with van der Waals surface area (Å²) < 4.78 is 5.30. The van der Waals surface area contributed by atoms with Gasteiger partial charge in [-0.2, -0.15) is 0 Å². The first-order valence-electron chi connectivity index (χ1n) is 5.22. The number of benzene rings is 1. The number of morpholine rings is 1. The van der Waals surface area contributed by atoms with Crippen LogP contribution in [0.3, 0.4) is 0 Å². The highest BCUT2D eigenvalue weighted by molar-refractivity contribution is 6.02. The number of amidine groups is 1. The summed E-state index contributed by atoms with van der Waals surface area (Å²) in [4.78, 5) is 2.18. The molecule has 5 nitrogen and oxygen atoms in total. The van der Waals surface area contributed by atoms with Gasteiger partial charge in [-0.3, -0.25) is 0 Å². The highest BCUT2D eigenvalue weighted by Crippen LogP contribution is 2.20. The van der Waals surface area contributed by atoms with E-state index in [2.05, 4.69) is 10.1 Å². The van der Waals surface area contributed by atoms with E-state index in [1.165, 1.54) is 0 Å². The molecule has 0 spiro atoms. The number of nitrogens with two attached hydrogens (primary N) is 1. The molecule has 0 unspecified atom stereocenters. The van der Waals surface area contributed by atoms with Gasteiger partial charge in [-0.1, -0.05) is 17.3 Å². The first kappa shape index (κ1) is 10.8. The van der Waals surface area contributed by atoms with E-state index in [4.69, 9.17) is 15.7 Å². The minimum Gasteiger partial charge on any atom is -0.409 e. The number of rotatable bonds is 2. The maximum atomic E-state index is 8.73. The molecule has 0 aliphatic carbocycles. The Hall–Kier alpha value is -1.75. The third kappa shape index (κ3) is 2.09. The normalized spacial score (nSPS) is 17.5. The van der Waals surface area contributed by atoms with E-state index in [1.807, 2.05) is 24.3 Å². The molecule has 1 heterocycles. The number of anilines is 1. The van der Waals surface area contributed by atoms with Crippen molar-refractivity contribution in [1.82, 2.24) is 0 Å². The zero-order valence-electron chi connectivity index (χ0n) is 8.97. The molecule has 1 aliphatic heterocycles. The van der Waals surface area contributed by atoms with Crippen LogP contribution in [0.25, 0.3) is 0 Å². The number of oxime groups is 1. The lowest BCUT2D eigenvalue weighted by Gasteiger charge is -2.30. The predicted octanol–water partition coefficient (Wildman–Crippen LogP) is 0.618. The minimum absolute atomic E-state index is 0.141. The largest absolute Gasteiger partial charge is 0.409 e. The van der Waals surface area contributed by atoms with Crippen molar-refractivity contribution in [1.29, 1.82) is 0 Å². The summed E-state index contributed by atoms with van der Waals surface area (Å²) in [5.74, 6) is 0.141. The van der Waals surface area contributed by atoms with Gasteiger partial charge in [0.2, 0.25) is 0 Å². The molecule has 1 saturated heterocycles. The summed E-state index contributed by atoms with van der Waals surface area (Å²) in [5, 5.41) is 11.8. The first-order chi connectivity index (χ1) is 7.83. The quantitative estimate of drug-likeness (QED) is 0.332. The van der Waals surface area contributed by atoms with Crippen LogP contribution in [-0.4, -0.2) is 37.3 Å². The summed E-state index contributed by atoms with van der Waals surface area (Å²) in [6.07, 6.45) is 0. The Morgan fingerprint density at radius 3 is 2.69 bits per heavy atom. The van der Waals surface area contributed by atoms with Gasteiger partial charge in [-0.05, 0) is 12.1 Å². The summed E-state index contributed by atoms with van der Waals surface area (Å²) in [6.45, 7) is 3.08. The van der Waals surface area contributed by atoms with E-state index < -0.39 is 0 Å². The molecule has 0 atom stereocenters. The highest BCUT2D eigenvalue weighted by Gasteiger charge is 2.15. The Bertz CT molecular complexity index is 387. The van der Waals surface area contributed by atoms with Crippen molar-refractivity contribution in [2.45, 2.75) is 0 Å². The number of nitrogens with zero attached hydrogens (tertiary/aromatic N) is 2. The summed E-state index contributed by atoms with van der Waals surface area (Å²) in [7, 11) is 0. The van der Waals surface area contributed by atoms with Gasteiger partial charge in [-0.15, -0.1) is 0 Å². The fourth-order valence-electron chi connectivity index (χ4n) is 1.82. The van der Waals surface area contributed by atoms with E-state index in [1.54, 1.807) is 0 Å². The Balaban J connectivity index is 2.31. The van der Waals surface area contributed by atoms with Gasteiger partial charge in [0.25, 0.3) is 0 Å². The second-order valence-corrected chi connectivity index (χ2v) is 3.60. The number of hydrogen-bond donors (Lipinski definition) is 2. The van der Waals surface area contributed by atoms with Crippen molar-refractivity contribution in [3.63, 3.8) is 0 Å².